The SMILES string of the molecule is CC.CC[C@H]1CC2C3CCC(CCCCO)C3(C)CC[C@@H]2C2(C)CCCCC12. The third-order valence-electron chi connectivity index (χ3n) is 10.4. The van der Waals surface area contributed by atoms with Crippen molar-refractivity contribution < 1.29 is 5.11 Å². The molecule has 4 aliphatic carbocycles. The quantitative estimate of drug-likeness (QED) is 0.474. The molecule has 0 bridgehead atoms. The normalized spacial score (nSPS) is 47.4. The van der Waals surface area contributed by atoms with Crippen molar-refractivity contribution in [1.82, 2.24) is 0 Å². The first-order valence-corrected chi connectivity index (χ1v) is 13.2. The van der Waals surface area contributed by atoms with Crippen molar-refractivity contribution >= 4 is 0 Å². The molecule has 0 spiro atoms. The maximum absolute atomic E-state index is 9.19. The third kappa shape index (κ3) is 3.72. The molecule has 4 aliphatic rings. The van der Waals surface area contributed by atoms with Crippen LogP contribution in [0.15, 0.2) is 0 Å². The molecule has 0 amide bonds. The summed E-state index contributed by atoms with van der Waals surface area (Å²) < 4.78 is 0. The van der Waals surface area contributed by atoms with E-state index >= 15 is 0 Å². The minimum atomic E-state index is 0.384. The highest BCUT2D eigenvalue weighted by molar-refractivity contribution is 5.10. The van der Waals surface area contributed by atoms with E-state index in [1.807, 2.05) is 13.8 Å². The van der Waals surface area contributed by atoms with Crippen LogP contribution in [0.2, 0.25) is 0 Å². The van der Waals surface area contributed by atoms with Crippen LogP contribution >= 0.6 is 0 Å². The van der Waals surface area contributed by atoms with Crippen molar-refractivity contribution in [3.8, 4) is 0 Å². The molecule has 1 heteroatoms. The Balaban J connectivity index is 0.00000109. The summed E-state index contributed by atoms with van der Waals surface area (Å²) in [6.07, 6.45) is 18.7. The van der Waals surface area contributed by atoms with Crippen molar-refractivity contribution in [2.45, 2.75) is 118 Å². The molecule has 4 rings (SSSR count). The monoisotopic (exact) mass is 390 g/mol. The number of aliphatic hydroxyl groups is 1. The zero-order valence-corrected chi connectivity index (χ0v) is 19.8. The molecule has 6 unspecified atom stereocenters. The molecule has 164 valence electrons. The molecular weight excluding hydrogens is 340 g/mol. The van der Waals surface area contributed by atoms with Crippen molar-refractivity contribution in [1.29, 1.82) is 0 Å². The largest absolute Gasteiger partial charge is 0.396 e. The van der Waals surface area contributed by atoms with E-state index in [0.717, 1.165) is 41.9 Å². The van der Waals surface area contributed by atoms with Crippen molar-refractivity contribution in [2.24, 2.45) is 46.3 Å². The van der Waals surface area contributed by atoms with Gasteiger partial charge in [-0.15, -0.1) is 0 Å². The van der Waals surface area contributed by atoms with Gasteiger partial charge in [0, 0.05) is 6.61 Å². The summed E-state index contributed by atoms with van der Waals surface area (Å²) in [6.45, 7) is 12.3. The van der Waals surface area contributed by atoms with Gasteiger partial charge in [-0.05, 0) is 104 Å². The van der Waals surface area contributed by atoms with Crippen LogP contribution in [0.4, 0.5) is 0 Å². The number of fused-ring (bicyclic) bond motifs is 5. The van der Waals surface area contributed by atoms with Gasteiger partial charge in [0.15, 0.2) is 0 Å². The molecule has 1 N–H and O–H groups in total. The van der Waals surface area contributed by atoms with E-state index in [0.29, 0.717) is 17.4 Å². The number of rotatable bonds is 5. The molecule has 0 radical (unpaired) electrons. The molecular formula is C27H50O. The Morgan fingerprint density at radius 1 is 0.821 bits per heavy atom. The number of unbranched alkanes of at least 4 members (excludes halogenated alkanes) is 1. The van der Waals surface area contributed by atoms with Crippen molar-refractivity contribution in [3.05, 3.63) is 0 Å². The van der Waals surface area contributed by atoms with Crippen molar-refractivity contribution in [3.63, 3.8) is 0 Å². The van der Waals surface area contributed by atoms with Gasteiger partial charge >= 0.3 is 0 Å². The fraction of sp³-hybridized carbons (Fsp3) is 1.00. The number of hydrogen-bond donors (Lipinski definition) is 1. The highest BCUT2D eigenvalue weighted by Gasteiger charge is 2.60. The molecule has 1 nitrogen and oxygen atoms in total. The van der Waals surface area contributed by atoms with Gasteiger partial charge < -0.3 is 5.11 Å². The number of aliphatic hydroxyl groups excluding tert-OH is 1. The lowest BCUT2D eigenvalue weighted by atomic mass is 9.42. The Kier molecular flexibility index (Phi) is 7.60. The Labute approximate surface area is 176 Å². The molecule has 0 aromatic rings. The Morgan fingerprint density at radius 2 is 1.57 bits per heavy atom. The molecule has 0 saturated heterocycles. The summed E-state index contributed by atoms with van der Waals surface area (Å²) in [5, 5.41) is 9.19. The van der Waals surface area contributed by atoms with E-state index in [1.54, 1.807) is 6.42 Å². The second-order valence-electron chi connectivity index (χ2n) is 11.2. The van der Waals surface area contributed by atoms with Gasteiger partial charge in [0.25, 0.3) is 0 Å². The third-order valence-corrected chi connectivity index (χ3v) is 10.4. The highest BCUT2D eigenvalue weighted by Crippen LogP contribution is 2.69. The first-order chi connectivity index (χ1) is 13.5. The van der Waals surface area contributed by atoms with Crippen LogP contribution in [-0.2, 0) is 0 Å². The average molecular weight is 391 g/mol. The van der Waals surface area contributed by atoms with Crippen LogP contribution in [0.3, 0.4) is 0 Å². The Hall–Kier alpha value is -0.0400. The summed E-state index contributed by atoms with van der Waals surface area (Å²) in [5.41, 5.74) is 1.28. The van der Waals surface area contributed by atoms with Gasteiger partial charge in [-0.25, -0.2) is 0 Å². The van der Waals surface area contributed by atoms with Gasteiger partial charge in [-0.3, -0.25) is 0 Å². The van der Waals surface area contributed by atoms with Crippen LogP contribution < -0.4 is 0 Å². The van der Waals surface area contributed by atoms with E-state index < -0.39 is 0 Å². The second kappa shape index (κ2) is 9.40. The standard InChI is InChI=1S/C25H44O.C2H6/c1-4-18-17-20-22-12-11-19(9-6-8-16-26)24(22,2)15-13-23(20)25(3)14-7-5-10-21(18)25;1-2/h18-23,26H,4-17H2,1-3H3;1-2H3/t18-,19?,20?,21?,22?,23-,24?,25?;/m0./s1. The summed E-state index contributed by atoms with van der Waals surface area (Å²) in [7, 11) is 0. The summed E-state index contributed by atoms with van der Waals surface area (Å²) in [4.78, 5) is 0. The van der Waals surface area contributed by atoms with Crippen LogP contribution in [-0.4, -0.2) is 11.7 Å². The molecule has 4 fully saturated rings. The van der Waals surface area contributed by atoms with E-state index in [1.165, 1.54) is 70.6 Å². The average Bonchev–Trinajstić information content (AvgIpc) is 3.05. The fourth-order valence-electron chi connectivity index (χ4n) is 9.11. The maximum Gasteiger partial charge on any atom is 0.0431 e. The van der Waals surface area contributed by atoms with Crippen LogP contribution in [0.5, 0.6) is 0 Å². The lowest BCUT2D eigenvalue weighted by molar-refractivity contribution is -0.135. The van der Waals surface area contributed by atoms with E-state index in [9.17, 15) is 5.11 Å². The van der Waals surface area contributed by atoms with Crippen LogP contribution in [0, 0.1) is 46.3 Å². The first-order valence-electron chi connectivity index (χ1n) is 13.2. The van der Waals surface area contributed by atoms with E-state index in [4.69, 9.17) is 0 Å². The van der Waals surface area contributed by atoms with E-state index in [2.05, 4.69) is 20.8 Å². The van der Waals surface area contributed by atoms with Crippen LogP contribution in [0.25, 0.3) is 0 Å². The summed E-state index contributed by atoms with van der Waals surface area (Å²) >= 11 is 0. The molecule has 0 aromatic heterocycles. The minimum Gasteiger partial charge on any atom is -0.396 e. The van der Waals surface area contributed by atoms with Gasteiger partial charge in [-0.2, -0.15) is 0 Å². The topological polar surface area (TPSA) is 20.2 Å². The Morgan fingerprint density at radius 3 is 2.29 bits per heavy atom. The zero-order valence-electron chi connectivity index (χ0n) is 19.8. The summed E-state index contributed by atoms with van der Waals surface area (Å²) in [6, 6.07) is 0. The second-order valence-corrected chi connectivity index (χ2v) is 11.2. The molecule has 28 heavy (non-hydrogen) atoms. The predicted octanol–water partition coefficient (Wildman–Crippen LogP) is 7.86. The summed E-state index contributed by atoms with van der Waals surface area (Å²) in [5.74, 6) is 6.06. The highest BCUT2D eigenvalue weighted by atomic mass is 16.2. The first kappa shape index (κ1) is 22.6. The lowest BCUT2D eigenvalue weighted by Gasteiger charge is -2.62. The number of hydrogen-bond acceptors (Lipinski definition) is 1. The van der Waals surface area contributed by atoms with Gasteiger partial charge in [0.05, 0.1) is 0 Å². The van der Waals surface area contributed by atoms with Crippen LogP contribution in [0.1, 0.15) is 118 Å². The zero-order chi connectivity index (χ0) is 20.4. The smallest absolute Gasteiger partial charge is 0.0431 e. The Bertz CT molecular complexity index is 487. The molecule has 4 saturated carbocycles. The maximum atomic E-state index is 9.19. The fourth-order valence-corrected chi connectivity index (χ4v) is 9.11. The molecule has 0 aromatic carbocycles. The minimum absolute atomic E-state index is 0.384. The predicted molar refractivity (Wildman–Crippen MR) is 121 cm³/mol. The molecule has 0 heterocycles. The van der Waals surface area contributed by atoms with Crippen molar-refractivity contribution in [2.75, 3.05) is 6.61 Å². The lowest BCUT2D eigenvalue weighted by Crippen LogP contribution is -2.55. The van der Waals surface area contributed by atoms with E-state index in [-0.39, 0.29) is 0 Å². The molecule has 0 aliphatic heterocycles. The van der Waals surface area contributed by atoms with Gasteiger partial charge in [0.2, 0.25) is 0 Å². The molecule has 8 atom stereocenters. The van der Waals surface area contributed by atoms with Gasteiger partial charge in [0.1, 0.15) is 0 Å². The van der Waals surface area contributed by atoms with Gasteiger partial charge in [-0.1, -0.05) is 60.3 Å².